The minimum Gasteiger partial charge on any atom is -0.342 e. The van der Waals surface area contributed by atoms with Gasteiger partial charge >= 0.3 is 0 Å². The van der Waals surface area contributed by atoms with Gasteiger partial charge in [0.05, 0.1) is 4.91 Å². The molecule has 0 aliphatic carbocycles. The van der Waals surface area contributed by atoms with Gasteiger partial charge in [0, 0.05) is 50.8 Å². The van der Waals surface area contributed by atoms with Gasteiger partial charge in [-0.1, -0.05) is 69.2 Å². The van der Waals surface area contributed by atoms with Gasteiger partial charge < -0.3 is 4.57 Å². The van der Waals surface area contributed by atoms with E-state index >= 15 is 0 Å². The first-order chi connectivity index (χ1) is 13.3. The third-order valence-electron chi connectivity index (χ3n) is 4.50. The lowest BCUT2D eigenvalue weighted by Crippen LogP contribution is -2.22. The van der Waals surface area contributed by atoms with Crippen molar-refractivity contribution in [3.8, 4) is 0 Å². The fourth-order valence-corrected chi connectivity index (χ4v) is 5.06. The second kappa shape index (κ2) is 7.84. The Kier molecular flexibility index (Phi) is 5.60. The standard InChI is InChI=1S/C20H13BrCl2N2OS2/c1-24-19(26)18(28-20(24)27)6-12-10-25(17-5-3-13(21)7-15(12)17)9-11-2-4-14(22)8-16(11)23/h2-8,10H,9H2,1H3/b18-6-. The molecule has 1 fully saturated rings. The van der Waals surface area contributed by atoms with Gasteiger partial charge in [0.1, 0.15) is 4.32 Å². The van der Waals surface area contributed by atoms with Crippen LogP contribution < -0.4 is 0 Å². The number of carbonyl (C=O) groups is 1. The van der Waals surface area contributed by atoms with Crippen LogP contribution in [0.4, 0.5) is 0 Å². The molecule has 8 heteroatoms. The topological polar surface area (TPSA) is 25.2 Å². The first kappa shape index (κ1) is 20.0. The number of benzene rings is 2. The molecule has 28 heavy (non-hydrogen) atoms. The molecule has 142 valence electrons. The highest BCUT2D eigenvalue weighted by Gasteiger charge is 2.29. The van der Waals surface area contributed by atoms with Crippen molar-refractivity contribution in [1.29, 1.82) is 0 Å². The number of fused-ring (bicyclic) bond motifs is 1. The van der Waals surface area contributed by atoms with E-state index in [0.29, 0.717) is 25.8 Å². The Labute approximate surface area is 190 Å². The van der Waals surface area contributed by atoms with E-state index in [9.17, 15) is 4.79 Å². The van der Waals surface area contributed by atoms with Crippen molar-refractivity contribution in [3.05, 3.63) is 73.1 Å². The zero-order valence-electron chi connectivity index (χ0n) is 14.6. The van der Waals surface area contributed by atoms with Crippen LogP contribution >= 0.6 is 63.1 Å². The smallest absolute Gasteiger partial charge is 0.265 e. The van der Waals surface area contributed by atoms with E-state index in [2.05, 4.69) is 20.5 Å². The molecule has 0 saturated carbocycles. The largest absolute Gasteiger partial charge is 0.342 e. The molecular weight excluding hydrogens is 499 g/mol. The van der Waals surface area contributed by atoms with Crippen molar-refractivity contribution in [3.63, 3.8) is 0 Å². The van der Waals surface area contributed by atoms with Crippen LogP contribution in [0.5, 0.6) is 0 Å². The quantitative estimate of drug-likeness (QED) is 0.293. The van der Waals surface area contributed by atoms with Gasteiger partial charge in [0.25, 0.3) is 5.91 Å². The molecule has 1 aliphatic rings. The second-order valence-electron chi connectivity index (χ2n) is 6.35. The average molecular weight is 512 g/mol. The Morgan fingerprint density at radius 3 is 2.68 bits per heavy atom. The van der Waals surface area contributed by atoms with Crippen LogP contribution in [-0.2, 0) is 11.3 Å². The van der Waals surface area contributed by atoms with Crippen LogP contribution in [0.2, 0.25) is 10.0 Å². The van der Waals surface area contributed by atoms with E-state index in [0.717, 1.165) is 26.5 Å². The Morgan fingerprint density at radius 2 is 2.00 bits per heavy atom. The van der Waals surface area contributed by atoms with Crippen LogP contribution in [0.15, 0.2) is 52.0 Å². The van der Waals surface area contributed by atoms with E-state index < -0.39 is 0 Å². The molecule has 0 unspecified atom stereocenters. The first-order valence-corrected chi connectivity index (χ1v) is 11.0. The predicted molar refractivity (Wildman–Crippen MR) is 126 cm³/mol. The molecule has 1 saturated heterocycles. The highest BCUT2D eigenvalue weighted by Crippen LogP contribution is 2.34. The summed E-state index contributed by atoms with van der Waals surface area (Å²) in [6.07, 6.45) is 3.93. The Morgan fingerprint density at radius 1 is 1.21 bits per heavy atom. The number of hydrogen-bond donors (Lipinski definition) is 0. The average Bonchev–Trinajstić information content (AvgIpc) is 3.10. The number of hydrogen-bond acceptors (Lipinski definition) is 3. The molecule has 2 heterocycles. The molecule has 0 atom stereocenters. The maximum Gasteiger partial charge on any atom is 0.265 e. The number of halogens is 3. The van der Waals surface area contributed by atoms with Crippen LogP contribution in [0.1, 0.15) is 11.1 Å². The zero-order valence-corrected chi connectivity index (χ0v) is 19.3. The summed E-state index contributed by atoms with van der Waals surface area (Å²) in [6.45, 7) is 0.594. The van der Waals surface area contributed by atoms with Crippen molar-refractivity contribution in [1.82, 2.24) is 9.47 Å². The fourth-order valence-electron chi connectivity index (χ4n) is 3.06. The summed E-state index contributed by atoms with van der Waals surface area (Å²) < 4.78 is 3.66. The number of thioether (sulfide) groups is 1. The minimum absolute atomic E-state index is 0.0772. The molecule has 1 amide bonds. The first-order valence-electron chi connectivity index (χ1n) is 8.27. The molecule has 0 N–H and O–H groups in total. The number of carbonyl (C=O) groups excluding carboxylic acids is 1. The van der Waals surface area contributed by atoms with Crippen LogP contribution in [0.3, 0.4) is 0 Å². The molecule has 0 radical (unpaired) electrons. The minimum atomic E-state index is -0.0772. The van der Waals surface area contributed by atoms with E-state index in [1.54, 1.807) is 13.1 Å². The lowest BCUT2D eigenvalue weighted by Gasteiger charge is -2.08. The summed E-state index contributed by atoms with van der Waals surface area (Å²) in [5.74, 6) is -0.0772. The summed E-state index contributed by atoms with van der Waals surface area (Å²) in [4.78, 5) is 14.5. The van der Waals surface area contributed by atoms with Crippen LogP contribution in [-0.4, -0.2) is 26.7 Å². The van der Waals surface area contributed by atoms with Gasteiger partial charge in [-0.3, -0.25) is 9.69 Å². The van der Waals surface area contributed by atoms with Gasteiger partial charge in [0.15, 0.2) is 0 Å². The van der Waals surface area contributed by atoms with Crippen molar-refractivity contribution >= 4 is 90.3 Å². The summed E-state index contributed by atoms with van der Waals surface area (Å²) in [5.41, 5.74) is 2.97. The number of amides is 1. The predicted octanol–water partition coefficient (Wildman–Crippen LogP) is 6.59. The van der Waals surface area contributed by atoms with Crippen LogP contribution in [0.25, 0.3) is 17.0 Å². The van der Waals surface area contributed by atoms with Gasteiger partial charge in [-0.05, 0) is 42.0 Å². The van der Waals surface area contributed by atoms with Crippen molar-refractivity contribution in [2.24, 2.45) is 0 Å². The van der Waals surface area contributed by atoms with Crippen LogP contribution in [0, 0.1) is 0 Å². The van der Waals surface area contributed by atoms with Gasteiger partial charge in [-0.15, -0.1) is 0 Å². The lowest BCUT2D eigenvalue weighted by atomic mass is 10.1. The van der Waals surface area contributed by atoms with E-state index in [-0.39, 0.29) is 5.91 Å². The fraction of sp³-hybridized carbons (Fsp3) is 0.100. The van der Waals surface area contributed by atoms with E-state index in [1.807, 2.05) is 42.6 Å². The molecule has 4 rings (SSSR count). The number of likely N-dealkylation sites (N-methyl/N-ethyl adjacent to an activating group) is 1. The van der Waals surface area contributed by atoms with Crippen molar-refractivity contribution in [2.75, 3.05) is 7.05 Å². The number of nitrogens with zero attached hydrogens (tertiary/aromatic N) is 2. The second-order valence-corrected chi connectivity index (χ2v) is 9.79. The molecule has 0 bridgehead atoms. The third kappa shape index (κ3) is 3.76. The monoisotopic (exact) mass is 510 g/mol. The number of aromatic nitrogens is 1. The van der Waals surface area contributed by atoms with Crippen molar-refractivity contribution < 1.29 is 4.79 Å². The lowest BCUT2D eigenvalue weighted by molar-refractivity contribution is -0.121. The summed E-state index contributed by atoms with van der Waals surface area (Å²) in [6, 6.07) is 11.6. The molecule has 3 aromatic rings. The Bertz CT molecular complexity index is 1170. The maximum absolute atomic E-state index is 12.4. The van der Waals surface area contributed by atoms with Gasteiger partial charge in [-0.25, -0.2) is 0 Å². The highest BCUT2D eigenvalue weighted by atomic mass is 79.9. The van der Waals surface area contributed by atoms with Gasteiger partial charge in [-0.2, -0.15) is 0 Å². The SMILES string of the molecule is CN1C(=O)/C(=C/c2cn(Cc3ccc(Cl)cc3Cl)c3ccc(Br)cc23)SC1=S. The Balaban J connectivity index is 1.81. The third-order valence-corrected chi connectivity index (χ3v) is 7.07. The number of thiocarbonyl (C=S) groups is 1. The molecule has 1 aromatic heterocycles. The molecule has 0 spiro atoms. The molecular formula is C20H13BrCl2N2OS2. The summed E-state index contributed by atoms with van der Waals surface area (Å²) >= 11 is 22.5. The molecule has 2 aromatic carbocycles. The normalized spacial score (nSPS) is 16.0. The maximum atomic E-state index is 12.4. The van der Waals surface area contributed by atoms with Crippen molar-refractivity contribution in [2.45, 2.75) is 6.54 Å². The summed E-state index contributed by atoms with van der Waals surface area (Å²) in [7, 11) is 1.70. The number of rotatable bonds is 3. The summed E-state index contributed by atoms with van der Waals surface area (Å²) in [5, 5.41) is 2.28. The highest BCUT2D eigenvalue weighted by molar-refractivity contribution is 9.10. The molecule has 1 aliphatic heterocycles. The van der Waals surface area contributed by atoms with E-state index in [1.165, 1.54) is 16.7 Å². The zero-order chi connectivity index (χ0) is 20.0. The van der Waals surface area contributed by atoms with Gasteiger partial charge in [0.2, 0.25) is 0 Å². The van der Waals surface area contributed by atoms with E-state index in [4.69, 9.17) is 35.4 Å². The molecule has 3 nitrogen and oxygen atoms in total. The Hall–Kier alpha value is -1.31.